The second-order valence-electron chi connectivity index (χ2n) is 3.90. The second-order valence-corrected chi connectivity index (χ2v) is 3.90. The van der Waals surface area contributed by atoms with Crippen molar-refractivity contribution in [1.82, 2.24) is 9.78 Å². The Bertz CT molecular complexity index is 699. The number of nitro groups is 1. The van der Waals surface area contributed by atoms with Crippen LogP contribution in [0, 0.1) is 21.7 Å². The molecule has 0 fully saturated rings. The van der Waals surface area contributed by atoms with E-state index < -0.39 is 33.7 Å². The molecule has 0 unspecified atom stereocenters. The molecule has 0 bridgehead atoms. The van der Waals surface area contributed by atoms with E-state index in [4.69, 9.17) is 0 Å². The largest absolute Gasteiger partial charge is 0.319 e. The van der Waals surface area contributed by atoms with Gasteiger partial charge in [0.15, 0.2) is 0 Å². The molecule has 1 aromatic heterocycles. The number of aryl methyl sites for hydroxylation is 1. The summed E-state index contributed by atoms with van der Waals surface area (Å²) in [6.07, 6.45) is 2.77. The third kappa shape index (κ3) is 2.60. The number of amides is 1. The van der Waals surface area contributed by atoms with Crippen LogP contribution in [0.4, 0.5) is 20.2 Å². The molecule has 0 atom stereocenters. The molecule has 0 spiro atoms. The number of carbonyl (C=O) groups excluding carboxylic acids is 1. The van der Waals surface area contributed by atoms with Crippen molar-refractivity contribution in [2.45, 2.75) is 0 Å². The molecule has 1 amide bonds. The summed E-state index contributed by atoms with van der Waals surface area (Å²) in [5.41, 5.74) is -1.37. The molecule has 1 N–H and O–H groups in total. The highest BCUT2D eigenvalue weighted by Crippen LogP contribution is 2.22. The molecule has 104 valence electrons. The van der Waals surface area contributed by atoms with Gasteiger partial charge in [0.1, 0.15) is 5.82 Å². The number of hydrogen-bond acceptors (Lipinski definition) is 4. The van der Waals surface area contributed by atoms with Crippen LogP contribution in [-0.4, -0.2) is 20.6 Å². The topological polar surface area (TPSA) is 90.1 Å². The van der Waals surface area contributed by atoms with E-state index in [0.29, 0.717) is 12.1 Å². The first-order chi connectivity index (χ1) is 9.38. The minimum absolute atomic E-state index is 0.288. The maximum absolute atomic E-state index is 13.6. The zero-order chi connectivity index (χ0) is 14.9. The lowest BCUT2D eigenvalue weighted by atomic mass is 10.1. The molecular weight excluding hydrogens is 274 g/mol. The summed E-state index contributed by atoms with van der Waals surface area (Å²) in [4.78, 5) is 21.1. The number of rotatable bonds is 3. The van der Waals surface area contributed by atoms with E-state index in [2.05, 4.69) is 10.4 Å². The average Bonchev–Trinajstić information content (AvgIpc) is 2.76. The van der Waals surface area contributed by atoms with Crippen molar-refractivity contribution in [3.63, 3.8) is 0 Å². The molecule has 20 heavy (non-hydrogen) atoms. The van der Waals surface area contributed by atoms with E-state index in [-0.39, 0.29) is 5.69 Å². The molecule has 0 aliphatic carbocycles. The van der Waals surface area contributed by atoms with Crippen molar-refractivity contribution in [3.8, 4) is 0 Å². The number of nitro benzene ring substituents is 1. The van der Waals surface area contributed by atoms with Crippen molar-refractivity contribution in [3.05, 3.63) is 51.8 Å². The van der Waals surface area contributed by atoms with Gasteiger partial charge in [0, 0.05) is 13.2 Å². The summed E-state index contributed by atoms with van der Waals surface area (Å²) >= 11 is 0. The van der Waals surface area contributed by atoms with Gasteiger partial charge in [-0.1, -0.05) is 0 Å². The summed E-state index contributed by atoms with van der Waals surface area (Å²) in [5.74, 6) is -3.39. The number of benzene rings is 1. The minimum Gasteiger partial charge on any atom is -0.319 e. The summed E-state index contributed by atoms with van der Waals surface area (Å²) < 4.78 is 28.4. The van der Waals surface area contributed by atoms with Gasteiger partial charge in [-0.2, -0.15) is 9.49 Å². The Labute approximate surface area is 111 Å². The van der Waals surface area contributed by atoms with Gasteiger partial charge < -0.3 is 5.32 Å². The fourth-order valence-electron chi connectivity index (χ4n) is 1.53. The van der Waals surface area contributed by atoms with Gasteiger partial charge in [0.2, 0.25) is 5.82 Å². The smallest absolute Gasteiger partial charge is 0.307 e. The molecular formula is C11H8F2N4O3. The molecule has 7 nitrogen and oxygen atoms in total. The van der Waals surface area contributed by atoms with Crippen LogP contribution in [0.1, 0.15) is 10.4 Å². The molecule has 0 saturated carbocycles. The lowest BCUT2D eigenvalue weighted by Gasteiger charge is -2.04. The van der Waals surface area contributed by atoms with Gasteiger partial charge in [-0.25, -0.2) is 4.39 Å². The van der Waals surface area contributed by atoms with Crippen LogP contribution in [0.2, 0.25) is 0 Å². The van der Waals surface area contributed by atoms with Gasteiger partial charge >= 0.3 is 5.69 Å². The fraction of sp³-hybridized carbons (Fsp3) is 0.0909. The Morgan fingerprint density at radius 2 is 2.10 bits per heavy atom. The van der Waals surface area contributed by atoms with E-state index in [9.17, 15) is 23.7 Å². The SMILES string of the molecule is Cn1cc(NC(=O)c2cc(F)c([N+](=O)[O-])cc2F)cn1. The summed E-state index contributed by atoms with van der Waals surface area (Å²) in [7, 11) is 1.61. The summed E-state index contributed by atoms with van der Waals surface area (Å²) in [6, 6.07) is 0.854. The van der Waals surface area contributed by atoms with Crippen LogP contribution in [0.25, 0.3) is 0 Å². The van der Waals surface area contributed by atoms with E-state index >= 15 is 0 Å². The average molecular weight is 282 g/mol. The van der Waals surface area contributed by atoms with Crippen molar-refractivity contribution in [2.24, 2.45) is 7.05 Å². The van der Waals surface area contributed by atoms with Crippen molar-refractivity contribution < 1.29 is 18.5 Å². The summed E-state index contributed by atoms with van der Waals surface area (Å²) in [6.45, 7) is 0. The van der Waals surface area contributed by atoms with Gasteiger partial charge in [-0.15, -0.1) is 0 Å². The van der Waals surface area contributed by atoms with Gasteiger partial charge in [-0.05, 0) is 6.07 Å². The minimum atomic E-state index is -1.28. The highest BCUT2D eigenvalue weighted by molar-refractivity contribution is 6.04. The van der Waals surface area contributed by atoms with E-state index in [1.165, 1.54) is 17.1 Å². The van der Waals surface area contributed by atoms with Gasteiger partial charge in [-0.3, -0.25) is 19.6 Å². The molecule has 9 heteroatoms. The maximum Gasteiger partial charge on any atom is 0.307 e. The van der Waals surface area contributed by atoms with Crippen LogP contribution < -0.4 is 5.32 Å². The number of nitrogens with zero attached hydrogens (tertiary/aromatic N) is 3. The number of anilines is 1. The van der Waals surface area contributed by atoms with Crippen LogP contribution in [0.5, 0.6) is 0 Å². The van der Waals surface area contributed by atoms with Crippen molar-refractivity contribution in [1.29, 1.82) is 0 Å². The van der Waals surface area contributed by atoms with Gasteiger partial charge in [0.25, 0.3) is 5.91 Å². The predicted molar refractivity (Wildman–Crippen MR) is 64.2 cm³/mol. The van der Waals surface area contributed by atoms with E-state index in [0.717, 1.165) is 0 Å². The molecule has 2 aromatic rings. The number of halogens is 2. The van der Waals surface area contributed by atoms with Crippen molar-refractivity contribution in [2.75, 3.05) is 5.32 Å². The van der Waals surface area contributed by atoms with E-state index in [1.54, 1.807) is 7.05 Å². The van der Waals surface area contributed by atoms with Crippen LogP contribution in [-0.2, 0) is 7.05 Å². The lowest BCUT2D eigenvalue weighted by Crippen LogP contribution is -2.14. The molecule has 2 rings (SSSR count). The number of nitrogens with one attached hydrogen (secondary N) is 1. The monoisotopic (exact) mass is 282 g/mol. The Morgan fingerprint density at radius 1 is 1.40 bits per heavy atom. The molecule has 0 radical (unpaired) electrons. The van der Waals surface area contributed by atoms with Crippen LogP contribution >= 0.6 is 0 Å². The third-order valence-corrected chi connectivity index (χ3v) is 2.44. The standard InChI is InChI=1S/C11H8F2N4O3/c1-16-5-6(4-14-16)15-11(18)7-2-9(13)10(17(19)20)3-8(7)12/h2-5H,1H3,(H,15,18). The first-order valence-corrected chi connectivity index (χ1v) is 5.32. The molecule has 0 aliphatic heterocycles. The number of hydrogen-bond donors (Lipinski definition) is 1. The first-order valence-electron chi connectivity index (χ1n) is 5.32. The number of carbonyl (C=O) groups is 1. The highest BCUT2D eigenvalue weighted by atomic mass is 19.1. The van der Waals surface area contributed by atoms with Gasteiger partial charge in [0.05, 0.1) is 28.4 Å². The summed E-state index contributed by atoms with van der Waals surface area (Å²) in [5, 5.41) is 16.5. The Hall–Kier alpha value is -2.84. The zero-order valence-corrected chi connectivity index (χ0v) is 10.1. The Kier molecular flexibility index (Phi) is 3.42. The lowest BCUT2D eigenvalue weighted by molar-refractivity contribution is -0.387. The zero-order valence-electron chi connectivity index (χ0n) is 10.1. The second kappa shape index (κ2) is 5.03. The van der Waals surface area contributed by atoms with E-state index in [1.807, 2.05) is 0 Å². The highest BCUT2D eigenvalue weighted by Gasteiger charge is 2.22. The number of aromatic nitrogens is 2. The quantitative estimate of drug-likeness (QED) is 0.687. The predicted octanol–water partition coefficient (Wildman–Crippen LogP) is 1.86. The first kappa shape index (κ1) is 13.6. The third-order valence-electron chi connectivity index (χ3n) is 2.44. The molecule has 1 aromatic carbocycles. The molecule has 1 heterocycles. The maximum atomic E-state index is 13.6. The van der Waals surface area contributed by atoms with Crippen molar-refractivity contribution >= 4 is 17.3 Å². The van der Waals surface area contributed by atoms with Crippen LogP contribution in [0.15, 0.2) is 24.5 Å². The Balaban J connectivity index is 2.30. The Morgan fingerprint density at radius 3 is 2.65 bits per heavy atom. The normalized spacial score (nSPS) is 10.3. The van der Waals surface area contributed by atoms with Crippen LogP contribution in [0.3, 0.4) is 0 Å². The fourth-order valence-corrected chi connectivity index (χ4v) is 1.53. The molecule has 0 aliphatic rings. The molecule has 0 saturated heterocycles.